The van der Waals surface area contributed by atoms with E-state index in [1.54, 1.807) is 0 Å². The van der Waals surface area contributed by atoms with E-state index in [1.807, 2.05) is 25.1 Å². The maximum atomic E-state index is 11.6. The summed E-state index contributed by atoms with van der Waals surface area (Å²) in [5, 5.41) is 12.5. The largest absolute Gasteiger partial charge is 0.480 e. The Labute approximate surface area is 136 Å². The first-order valence-corrected chi connectivity index (χ1v) is 7.84. The summed E-state index contributed by atoms with van der Waals surface area (Å²) in [6, 6.07) is 5.67. The molecule has 1 aromatic heterocycles. The van der Waals surface area contributed by atoms with Crippen molar-refractivity contribution in [1.29, 1.82) is 0 Å². The molecule has 0 saturated carbocycles. The van der Waals surface area contributed by atoms with Crippen LogP contribution in [0.2, 0.25) is 0 Å². The Kier molecular flexibility index (Phi) is 4.24. The molecule has 2 heterocycles. The summed E-state index contributed by atoms with van der Waals surface area (Å²) >= 11 is 1.27. The SMILES string of the molecule is Cc1cc2cc3c(cc2nc1SCC(=O)NCC(=O)O)OCO3. The van der Waals surface area contributed by atoms with Gasteiger partial charge in [0.1, 0.15) is 11.6 Å². The van der Waals surface area contributed by atoms with Crippen LogP contribution in [0.15, 0.2) is 23.2 Å². The molecule has 23 heavy (non-hydrogen) atoms. The van der Waals surface area contributed by atoms with Gasteiger partial charge in [0, 0.05) is 11.5 Å². The quantitative estimate of drug-likeness (QED) is 0.801. The third kappa shape index (κ3) is 3.48. The van der Waals surface area contributed by atoms with Gasteiger partial charge in [-0.25, -0.2) is 4.98 Å². The van der Waals surface area contributed by atoms with Crippen LogP contribution in [0.25, 0.3) is 10.9 Å². The monoisotopic (exact) mass is 334 g/mol. The Morgan fingerprint density at radius 3 is 2.78 bits per heavy atom. The molecule has 7 nitrogen and oxygen atoms in total. The fourth-order valence-corrected chi connectivity index (χ4v) is 2.98. The van der Waals surface area contributed by atoms with Crippen LogP contribution in [-0.2, 0) is 9.59 Å². The van der Waals surface area contributed by atoms with Gasteiger partial charge in [-0.2, -0.15) is 0 Å². The van der Waals surface area contributed by atoms with Crippen LogP contribution in [0, 0.1) is 6.92 Å². The Bertz CT molecular complexity index is 793. The van der Waals surface area contributed by atoms with Crippen molar-refractivity contribution in [1.82, 2.24) is 10.3 Å². The topological polar surface area (TPSA) is 97.8 Å². The molecular formula is C15H14N2O5S. The number of carboxylic acids is 1. The lowest BCUT2D eigenvalue weighted by molar-refractivity contribution is -0.137. The standard InChI is InChI=1S/C15H14N2O5S/c1-8-2-9-3-11-12(22-7-21-11)4-10(9)17-15(8)23-6-13(18)16-5-14(19)20/h2-4H,5-7H2,1H3,(H,16,18)(H,19,20). The minimum atomic E-state index is -1.07. The number of benzene rings is 1. The maximum Gasteiger partial charge on any atom is 0.322 e. The number of amides is 1. The van der Waals surface area contributed by atoms with E-state index in [-0.39, 0.29) is 25.0 Å². The van der Waals surface area contributed by atoms with Crippen LogP contribution < -0.4 is 14.8 Å². The summed E-state index contributed by atoms with van der Waals surface area (Å²) in [7, 11) is 0. The van der Waals surface area contributed by atoms with E-state index in [4.69, 9.17) is 14.6 Å². The molecule has 8 heteroatoms. The second-order valence-electron chi connectivity index (χ2n) is 4.97. The van der Waals surface area contributed by atoms with Crippen molar-refractivity contribution in [3.8, 4) is 11.5 Å². The van der Waals surface area contributed by atoms with Gasteiger partial charge in [-0.15, -0.1) is 0 Å². The highest BCUT2D eigenvalue weighted by atomic mass is 32.2. The fraction of sp³-hybridized carbons (Fsp3) is 0.267. The number of aliphatic carboxylic acids is 1. The molecule has 120 valence electrons. The van der Waals surface area contributed by atoms with Crippen molar-refractivity contribution in [3.63, 3.8) is 0 Å². The number of nitrogens with zero attached hydrogens (tertiary/aromatic N) is 1. The van der Waals surface area contributed by atoms with Gasteiger partial charge in [-0.3, -0.25) is 9.59 Å². The molecule has 0 radical (unpaired) electrons. The number of pyridine rings is 1. The van der Waals surface area contributed by atoms with E-state index in [0.29, 0.717) is 11.5 Å². The third-order valence-electron chi connectivity index (χ3n) is 3.23. The zero-order valence-electron chi connectivity index (χ0n) is 12.3. The average Bonchev–Trinajstić information content (AvgIpc) is 2.95. The van der Waals surface area contributed by atoms with Crippen molar-refractivity contribution in [2.45, 2.75) is 11.9 Å². The number of rotatable bonds is 5. The number of carboxylic acid groups (broad SMARTS) is 1. The molecule has 1 amide bonds. The van der Waals surface area contributed by atoms with Gasteiger partial charge in [-0.1, -0.05) is 11.8 Å². The van der Waals surface area contributed by atoms with Crippen LogP contribution in [0.5, 0.6) is 11.5 Å². The van der Waals surface area contributed by atoms with Gasteiger partial charge in [-0.05, 0) is 24.6 Å². The molecule has 2 N–H and O–H groups in total. The lowest BCUT2D eigenvalue weighted by Crippen LogP contribution is -2.30. The molecule has 0 aliphatic carbocycles. The van der Waals surface area contributed by atoms with E-state index < -0.39 is 5.97 Å². The number of carbonyl (C=O) groups excluding carboxylic acids is 1. The first-order valence-electron chi connectivity index (χ1n) is 6.85. The van der Waals surface area contributed by atoms with Gasteiger partial charge >= 0.3 is 5.97 Å². The third-order valence-corrected chi connectivity index (χ3v) is 4.32. The van der Waals surface area contributed by atoms with E-state index in [1.165, 1.54) is 11.8 Å². The van der Waals surface area contributed by atoms with Gasteiger partial charge < -0.3 is 19.9 Å². The molecule has 1 aromatic carbocycles. The summed E-state index contributed by atoms with van der Waals surface area (Å²) in [6.45, 7) is 1.73. The second-order valence-corrected chi connectivity index (χ2v) is 5.93. The Morgan fingerprint density at radius 2 is 2.04 bits per heavy atom. The second kappa shape index (κ2) is 6.33. The highest BCUT2D eigenvalue weighted by molar-refractivity contribution is 7.99. The zero-order chi connectivity index (χ0) is 16.4. The van der Waals surface area contributed by atoms with Crippen LogP contribution in [-0.4, -0.2) is 41.1 Å². The Morgan fingerprint density at radius 1 is 1.30 bits per heavy atom. The molecule has 1 aliphatic heterocycles. The van der Waals surface area contributed by atoms with Gasteiger partial charge in [0.05, 0.1) is 11.3 Å². The predicted octanol–water partition coefficient (Wildman–Crippen LogP) is 1.56. The molecular weight excluding hydrogens is 320 g/mol. The lowest BCUT2D eigenvalue weighted by atomic mass is 10.1. The van der Waals surface area contributed by atoms with E-state index in [9.17, 15) is 9.59 Å². The van der Waals surface area contributed by atoms with Crippen LogP contribution >= 0.6 is 11.8 Å². The highest BCUT2D eigenvalue weighted by Crippen LogP contribution is 2.36. The smallest absolute Gasteiger partial charge is 0.322 e. The molecule has 0 fully saturated rings. The average molecular weight is 334 g/mol. The van der Waals surface area contributed by atoms with Crippen molar-refractivity contribution in [2.24, 2.45) is 0 Å². The van der Waals surface area contributed by atoms with Crippen molar-refractivity contribution in [3.05, 3.63) is 23.8 Å². The van der Waals surface area contributed by atoms with Crippen molar-refractivity contribution >= 4 is 34.5 Å². The molecule has 0 atom stereocenters. The molecule has 3 rings (SSSR count). The number of carbonyl (C=O) groups is 2. The van der Waals surface area contributed by atoms with Crippen molar-refractivity contribution < 1.29 is 24.2 Å². The normalized spacial score (nSPS) is 12.4. The molecule has 0 saturated heterocycles. The number of hydrogen-bond donors (Lipinski definition) is 2. The number of aromatic nitrogens is 1. The highest BCUT2D eigenvalue weighted by Gasteiger charge is 2.16. The summed E-state index contributed by atoms with van der Waals surface area (Å²) in [5.74, 6) is 0.0527. The van der Waals surface area contributed by atoms with E-state index in [0.717, 1.165) is 21.5 Å². The lowest BCUT2D eigenvalue weighted by Gasteiger charge is -2.08. The number of thioether (sulfide) groups is 1. The summed E-state index contributed by atoms with van der Waals surface area (Å²) in [6.07, 6.45) is 0. The molecule has 2 aromatic rings. The van der Waals surface area contributed by atoms with Crippen LogP contribution in [0.4, 0.5) is 0 Å². The van der Waals surface area contributed by atoms with Gasteiger partial charge in [0.2, 0.25) is 12.7 Å². The van der Waals surface area contributed by atoms with Gasteiger partial charge in [0.25, 0.3) is 0 Å². The minimum Gasteiger partial charge on any atom is -0.480 e. The number of ether oxygens (including phenoxy) is 2. The Hall–Kier alpha value is -2.48. The predicted molar refractivity (Wildman–Crippen MR) is 84.0 cm³/mol. The van der Waals surface area contributed by atoms with Crippen LogP contribution in [0.3, 0.4) is 0 Å². The van der Waals surface area contributed by atoms with E-state index >= 15 is 0 Å². The Balaban J connectivity index is 1.76. The van der Waals surface area contributed by atoms with Gasteiger partial charge in [0.15, 0.2) is 11.5 Å². The summed E-state index contributed by atoms with van der Waals surface area (Å²) in [4.78, 5) is 26.6. The minimum absolute atomic E-state index is 0.108. The summed E-state index contributed by atoms with van der Waals surface area (Å²) < 4.78 is 10.7. The number of hydrogen-bond acceptors (Lipinski definition) is 6. The van der Waals surface area contributed by atoms with Crippen molar-refractivity contribution in [2.75, 3.05) is 19.1 Å². The van der Waals surface area contributed by atoms with E-state index in [2.05, 4.69) is 10.3 Å². The number of fused-ring (bicyclic) bond motifs is 2. The maximum absolute atomic E-state index is 11.6. The molecule has 1 aliphatic rings. The zero-order valence-corrected chi connectivity index (χ0v) is 13.1. The molecule has 0 unspecified atom stereocenters. The first kappa shape index (κ1) is 15.4. The summed E-state index contributed by atoms with van der Waals surface area (Å²) in [5.41, 5.74) is 1.70. The number of nitrogens with one attached hydrogen (secondary N) is 1. The number of aryl methyl sites for hydroxylation is 1. The fourth-order valence-electron chi connectivity index (χ4n) is 2.16. The molecule has 0 bridgehead atoms. The molecule has 0 spiro atoms. The van der Waals surface area contributed by atoms with Crippen LogP contribution in [0.1, 0.15) is 5.56 Å². The first-order chi connectivity index (χ1) is 11.0.